The van der Waals surface area contributed by atoms with E-state index in [2.05, 4.69) is 20.9 Å². The summed E-state index contributed by atoms with van der Waals surface area (Å²) in [7, 11) is 0. The van der Waals surface area contributed by atoms with E-state index in [1.165, 1.54) is 16.2 Å². The van der Waals surface area contributed by atoms with Gasteiger partial charge in [-0.2, -0.15) is 0 Å². The summed E-state index contributed by atoms with van der Waals surface area (Å²) < 4.78 is 1.74. The minimum absolute atomic E-state index is 0.0623. The number of anilines is 1. The summed E-state index contributed by atoms with van der Waals surface area (Å²) in [4.78, 5) is 32.9. The van der Waals surface area contributed by atoms with E-state index < -0.39 is 17.7 Å². The molecule has 1 aliphatic heterocycles. The highest BCUT2D eigenvalue weighted by molar-refractivity contribution is 9.10. The molecule has 1 unspecified atom stereocenters. The number of aliphatic hydroxyl groups excluding tert-OH is 1. The molecule has 1 saturated heterocycles. The first kappa shape index (κ1) is 22.5. The molecule has 34 heavy (non-hydrogen) atoms. The molecule has 5 rings (SSSR count). The molecule has 1 N–H and O–H groups in total. The Labute approximate surface area is 209 Å². The van der Waals surface area contributed by atoms with Crippen LogP contribution < -0.4 is 4.90 Å². The van der Waals surface area contributed by atoms with Crippen LogP contribution in [0, 0.1) is 20.8 Å². The zero-order valence-corrected chi connectivity index (χ0v) is 21.2. The van der Waals surface area contributed by atoms with Gasteiger partial charge in [-0.15, -0.1) is 0 Å². The molecule has 0 radical (unpaired) electrons. The fourth-order valence-electron chi connectivity index (χ4n) is 4.28. The molecular weight excluding hydrogens is 512 g/mol. The lowest BCUT2D eigenvalue weighted by atomic mass is 9.93. The molecule has 1 amide bonds. The molecule has 170 valence electrons. The number of rotatable bonds is 3. The van der Waals surface area contributed by atoms with Crippen LogP contribution in [0.25, 0.3) is 16.0 Å². The number of fused-ring (bicyclic) bond motifs is 1. The number of aliphatic hydroxyl groups is 1. The first-order valence-corrected chi connectivity index (χ1v) is 12.4. The Hall–Kier alpha value is -3.29. The zero-order chi connectivity index (χ0) is 24.1. The number of carbonyl (C=O) groups is 2. The Morgan fingerprint density at radius 1 is 1.00 bits per heavy atom. The van der Waals surface area contributed by atoms with Gasteiger partial charge in [0.1, 0.15) is 5.76 Å². The quantitative estimate of drug-likeness (QED) is 0.183. The van der Waals surface area contributed by atoms with E-state index in [9.17, 15) is 14.7 Å². The van der Waals surface area contributed by atoms with E-state index in [0.29, 0.717) is 16.3 Å². The monoisotopic (exact) mass is 532 g/mol. The van der Waals surface area contributed by atoms with Crippen LogP contribution in [0.5, 0.6) is 0 Å². The van der Waals surface area contributed by atoms with Crippen LogP contribution in [-0.4, -0.2) is 21.8 Å². The number of ketones is 1. The van der Waals surface area contributed by atoms with Crippen LogP contribution >= 0.6 is 27.3 Å². The van der Waals surface area contributed by atoms with Gasteiger partial charge in [-0.05, 0) is 67.8 Å². The minimum Gasteiger partial charge on any atom is -0.507 e. The number of thiazole rings is 1. The topological polar surface area (TPSA) is 70.5 Å². The lowest BCUT2D eigenvalue weighted by molar-refractivity contribution is -0.132. The largest absolute Gasteiger partial charge is 0.507 e. The van der Waals surface area contributed by atoms with Gasteiger partial charge >= 0.3 is 5.91 Å². The van der Waals surface area contributed by atoms with Crippen LogP contribution in [0.3, 0.4) is 0 Å². The Balaban J connectivity index is 1.77. The van der Waals surface area contributed by atoms with Gasteiger partial charge in [0.25, 0.3) is 5.78 Å². The predicted octanol–water partition coefficient (Wildman–Crippen LogP) is 6.61. The van der Waals surface area contributed by atoms with Gasteiger partial charge in [-0.3, -0.25) is 14.5 Å². The Bertz CT molecular complexity index is 1520. The van der Waals surface area contributed by atoms with Crippen LogP contribution in [0.4, 0.5) is 5.13 Å². The summed E-state index contributed by atoms with van der Waals surface area (Å²) in [5.41, 5.74) is 4.92. The van der Waals surface area contributed by atoms with Gasteiger partial charge in [0.05, 0.1) is 21.8 Å². The highest BCUT2D eigenvalue weighted by atomic mass is 79.9. The van der Waals surface area contributed by atoms with E-state index in [1.807, 2.05) is 81.4 Å². The molecule has 1 aliphatic rings. The first-order valence-electron chi connectivity index (χ1n) is 10.8. The average Bonchev–Trinajstić information content (AvgIpc) is 3.33. The molecule has 1 atom stereocenters. The summed E-state index contributed by atoms with van der Waals surface area (Å²) in [6.07, 6.45) is 0. The smallest absolute Gasteiger partial charge is 0.301 e. The number of Topliss-reactive ketones (excluding diaryl/α,β-unsaturated/α-hetero) is 1. The fraction of sp³-hybridized carbons (Fsp3) is 0.148. The Morgan fingerprint density at radius 2 is 1.74 bits per heavy atom. The molecule has 0 spiro atoms. The van der Waals surface area contributed by atoms with Crippen molar-refractivity contribution in [2.24, 2.45) is 0 Å². The van der Waals surface area contributed by atoms with Crippen LogP contribution in [-0.2, 0) is 9.59 Å². The van der Waals surface area contributed by atoms with E-state index in [0.717, 1.165) is 31.4 Å². The number of aryl methyl sites for hydroxylation is 3. The van der Waals surface area contributed by atoms with Gasteiger partial charge in [0.15, 0.2) is 5.13 Å². The number of nitrogens with zero attached hydrogens (tertiary/aromatic N) is 2. The maximum atomic E-state index is 13.4. The number of benzene rings is 3. The van der Waals surface area contributed by atoms with Crippen molar-refractivity contribution >= 4 is 60.1 Å². The second-order valence-electron chi connectivity index (χ2n) is 8.51. The summed E-state index contributed by atoms with van der Waals surface area (Å²) in [6, 6.07) is 18.2. The van der Waals surface area contributed by atoms with E-state index in [-0.39, 0.29) is 11.3 Å². The highest BCUT2D eigenvalue weighted by Gasteiger charge is 2.48. The van der Waals surface area contributed by atoms with Gasteiger partial charge in [-0.1, -0.05) is 63.2 Å². The maximum absolute atomic E-state index is 13.4. The highest BCUT2D eigenvalue weighted by Crippen LogP contribution is 2.45. The lowest BCUT2D eigenvalue weighted by Gasteiger charge is -2.23. The minimum atomic E-state index is -0.806. The lowest BCUT2D eigenvalue weighted by Crippen LogP contribution is -2.29. The third-order valence-corrected chi connectivity index (χ3v) is 7.51. The zero-order valence-electron chi connectivity index (χ0n) is 18.8. The van der Waals surface area contributed by atoms with Crippen molar-refractivity contribution in [2.75, 3.05) is 4.90 Å². The molecular formula is C27H21BrN2O3S. The molecule has 1 fully saturated rings. The average molecular weight is 533 g/mol. The van der Waals surface area contributed by atoms with Crippen LogP contribution in [0.2, 0.25) is 0 Å². The summed E-state index contributed by atoms with van der Waals surface area (Å²) in [5.74, 6) is -1.60. The molecule has 1 aromatic heterocycles. The molecule has 4 aromatic rings. The molecule has 0 aliphatic carbocycles. The standard InChI is InChI=1S/C27H21BrN2O3S/c1-14-7-9-16(3)19(11-14)24(31)22-23(17-5-4-6-18(28)13-17)30(26(33)25(22)32)27-29-20-10-8-15(2)12-21(20)34-27/h4-13,23,31H,1-3H3. The SMILES string of the molecule is Cc1ccc(C)c(C(O)=C2C(=O)C(=O)N(c3nc4ccc(C)cc4s3)C2c2cccc(Br)c2)c1. The third kappa shape index (κ3) is 3.75. The second-order valence-corrected chi connectivity index (χ2v) is 10.4. The van der Waals surface area contributed by atoms with Gasteiger partial charge < -0.3 is 5.11 Å². The summed E-state index contributed by atoms with van der Waals surface area (Å²) >= 11 is 4.85. The van der Waals surface area contributed by atoms with Gasteiger partial charge in [0, 0.05) is 10.0 Å². The predicted molar refractivity (Wildman–Crippen MR) is 139 cm³/mol. The Kier molecular flexibility index (Phi) is 5.62. The van der Waals surface area contributed by atoms with Crippen molar-refractivity contribution < 1.29 is 14.7 Å². The fourth-order valence-corrected chi connectivity index (χ4v) is 5.79. The van der Waals surface area contributed by atoms with Gasteiger partial charge in [0.2, 0.25) is 0 Å². The van der Waals surface area contributed by atoms with E-state index in [1.54, 1.807) is 0 Å². The third-order valence-electron chi connectivity index (χ3n) is 6.00. The van der Waals surface area contributed by atoms with Crippen molar-refractivity contribution in [3.8, 4) is 0 Å². The van der Waals surface area contributed by atoms with Gasteiger partial charge in [-0.25, -0.2) is 4.98 Å². The summed E-state index contributed by atoms with van der Waals surface area (Å²) in [6.45, 7) is 5.79. The van der Waals surface area contributed by atoms with Crippen LogP contribution in [0.1, 0.15) is 33.9 Å². The molecule has 2 heterocycles. The number of carbonyl (C=O) groups excluding carboxylic acids is 2. The molecule has 7 heteroatoms. The van der Waals surface area contributed by atoms with Crippen molar-refractivity contribution in [3.05, 3.63) is 98.5 Å². The first-order chi connectivity index (χ1) is 16.2. The van der Waals surface area contributed by atoms with E-state index in [4.69, 9.17) is 0 Å². The van der Waals surface area contributed by atoms with Crippen molar-refractivity contribution in [1.29, 1.82) is 0 Å². The van der Waals surface area contributed by atoms with Crippen molar-refractivity contribution in [1.82, 2.24) is 4.98 Å². The number of hydrogen-bond acceptors (Lipinski definition) is 5. The number of hydrogen-bond donors (Lipinski definition) is 1. The van der Waals surface area contributed by atoms with Crippen LogP contribution in [0.15, 0.2) is 70.7 Å². The Morgan fingerprint density at radius 3 is 2.50 bits per heavy atom. The van der Waals surface area contributed by atoms with Crippen molar-refractivity contribution in [3.63, 3.8) is 0 Å². The molecule has 0 saturated carbocycles. The number of amides is 1. The molecule has 3 aromatic carbocycles. The number of aromatic nitrogens is 1. The summed E-state index contributed by atoms with van der Waals surface area (Å²) in [5, 5.41) is 11.8. The molecule has 0 bridgehead atoms. The van der Waals surface area contributed by atoms with E-state index >= 15 is 0 Å². The number of halogens is 1. The second kappa shape index (κ2) is 8.49. The normalized spacial score (nSPS) is 17.6. The van der Waals surface area contributed by atoms with Crippen molar-refractivity contribution in [2.45, 2.75) is 26.8 Å². The maximum Gasteiger partial charge on any atom is 0.301 e. The molecule has 5 nitrogen and oxygen atoms in total.